The summed E-state index contributed by atoms with van der Waals surface area (Å²) in [7, 11) is 1.50. The lowest BCUT2D eigenvalue weighted by molar-refractivity contribution is -0.138. The number of nitrogens with zero attached hydrogens (tertiary/aromatic N) is 1. The zero-order valence-electron chi connectivity index (χ0n) is 9.03. The van der Waals surface area contributed by atoms with Gasteiger partial charge in [-0.2, -0.15) is 0 Å². The van der Waals surface area contributed by atoms with Gasteiger partial charge in [0.1, 0.15) is 16.8 Å². The van der Waals surface area contributed by atoms with Crippen molar-refractivity contribution in [1.82, 2.24) is 4.98 Å². The molecule has 0 saturated heterocycles. The van der Waals surface area contributed by atoms with Crippen molar-refractivity contribution in [2.24, 2.45) is 5.73 Å². The molecule has 3 N–H and O–H groups in total. The molecule has 0 amide bonds. The number of aromatic nitrogens is 1. The molecular formula is C10H13ClN2O3. The molecule has 0 spiro atoms. The van der Waals surface area contributed by atoms with Gasteiger partial charge in [0.15, 0.2) is 0 Å². The lowest BCUT2D eigenvalue weighted by Gasteiger charge is -2.12. The van der Waals surface area contributed by atoms with Crippen LogP contribution in [0.3, 0.4) is 0 Å². The van der Waals surface area contributed by atoms with Crippen molar-refractivity contribution in [2.45, 2.75) is 19.4 Å². The number of carboxylic acid groups (broad SMARTS) is 1. The summed E-state index contributed by atoms with van der Waals surface area (Å²) in [6, 6.07) is -0.975. The van der Waals surface area contributed by atoms with E-state index in [1.165, 1.54) is 13.3 Å². The van der Waals surface area contributed by atoms with E-state index in [4.69, 9.17) is 27.2 Å². The summed E-state index contributed by atoms with van der Waals surface area (Å²) in [5.74, 6) is -0.556. The number of rotatable bonds is 4. The number of halogens is 1. The molecule has 0 aliphatic rings. The highest BCUT2D eigenvalue weighted by Crippen LogP contribution is 2.29. The van der Waals surface area contributed by atoms with Gasteiger partial charge in [-0.15, -0.1) is 0 Å². The van der Waals surface area contributed by atoms with Crippen LogP contribution < -0.4 is 10.5 Å². The van der Waals surface area contributed by atoms with Crippen LogP contribution in [0.4, 0.5) is 0 Å². The summed E-state index contributed by atoms with van der Waals surface area (Å²) in [5.41, 5.74) is 6.73. The largest absolute Gasteiger partial charge is 0.495 e. The van der Waals surface area contributed by atoms with Gasteiger partial charge in [0, 0.05) is 23.9 Å². The highest BCUT2D eigenvalue weighted by atomic mass is 35.5. The fourth-order valence-corrected chi connectivity index (χ4v) is 1.62. The zero-order valence-corrected chi connectivity index (χ0v) is 9.78. The fraction of sp³-hybridized carbons (Fsp3) is 0.400. The predicted molar refractivity (Wildman–Crippen MR) is 59.9 cm³/mol. The SMILES string of the molecule is COc1c(Cl)cnc(CC(N)C(=O)O)c1C. The Labute approximate surface area is 98.2 Å². The molecule has 88 valence electrons. The van der Waals surface area contributed by atoms with Crippen LogP contribution in [0.25, 0.3) is 0 Å². The van der Waals surface area contributed by atoms with Crippen LogP contribution in [0, 0.1) is 6.92 Å². The van der Waals surface area contributed by atoms with Gasteiger partial charge in [0.05, 0.1) is 7.11 Å². The molecule has 1 heterocycles. The molecule has 1 unspecified atom stereocenters. The molecule has 0 aliphatic heterocycles. The summed E-state index contributed by atoms with van der Waals surface area (Å²) < 4.78 is 5.10. The monoisotopic (exact) mass is 244 g/mol. The fourth-order valence-electron chi connectivity index (χ4n) is 1.35. The Morgan fingerprint density at radius 1 is 1.75 bits per heavy atom. The minimum absolute atomic E-state index is 0.148. The Bertz CT molecular complexity index is 409. The zero-order chi connectivity index (χ0) is 12.3. The number of pyridine rings is 1. The lowest BCUT2D eigenvalue weighted by atomic mass is 10.1. The van der Waals surface area contributed by atoms with Crippen molar-refractivity contribution in [3.8, 4) is 5.75 Å². The first-order valence-electron chi connectivity index (χ1n) is 4.63. The van der Waals surface area contributed by atoms with E-state index >= 15 is 0 Å². The molecule has 0 saturated carbocycles. The van der Waals surface area contributed by atoms with Crippen LogP contribution in [-0.2, 0) is 11.2 Å². The molecule has 6 heteroatoms. The average molecular weight is 245 g/mol. The van der Waals surface area contributed by atoms with E-state index in [2.05, 4.69) is 4.98 Å². The Morgan fingerprint density at radius 3 is 2.88 bits per heavy atom. The van der Waals surface area contributed by atoms with Crippen molar-refractivity contribution in [3.05, 3.63) is 22.5 Å². The van der Waals surface area contributed by atoms with Crippen LogP contribution in [0.5, 0.6) is 5.75 Å². The highest BCUT2D eigenvalue weighted by molar-refractivity contribution is 6.32. The molecule has 0 aromatic carbocycles. The second-order valence-electron chi connectivity index (χ2n) is 3.36. The van der Waals surface area contributed by atoms with E-state index in [-0.39, 0.29) is 6.42 Å². The lowest BCUT2D eigenvalue weighted by Crippen LogP contribution is -2.32. The van der Waals surface area contributed by atoms with Gasteiger partial charge in [0.25, 0.3) is 0 Å². The molecule has 1 aromatic rings. The first-order valence-corrected chi connectivity index (χ1v) is 5.01. The minimum atomic E-state index is -1.06. The molecule has 1 atom stereocenters. The van der Waals surface area contributed by atoms with Crippen LogP contribution in [0.1, 0.15) is 11.3 Å². The summed E-state index contributed by atoms with van der Waals surface area (Å²) in [6.07, 6.45) is 1.58. The Balaban J connectivity index is 3.02. The molecule has 16 heavy (non-hydrogen) atoms. The number of nitrogens with two attached hydrogens (primary N) is 1. The van der Waals surface area contributed by atoms with Gasteiger partial charge < -0.3 is 15.6 Å². The molecule has 0 bridgehead atoms. The van der Waals surface area contributed by atoms with E-state index in [1.54, 1.807) is 6.92 Å². The number of methoxy groups -OCH3 is 1. The number of carboxylic acids is 1. The van der Waals surface area contributed by atoms with Gasteiger partial charge in [-0.3, -0.25) is 9.78 Å². The third kappa shape index (κ3) is 2.62. The number of aliphatic carboxylic acids is 1. The Morgan fingerprint density at radius 2 is 2.38 bits per heavy atom. The van der Waals surface area contributed by atoms with E-state index in [0.29, 0.717) is 22.0 Å². The van der Waals surface area contributed by atoms with E-state index in [1.807, 2.05) is 0 Å². The van der Waals surface area contributed by atoms with Crippen molar-refractivity contribution in [1.29, 1.82) is 0 Å². The maximum Gasteiger partial charge on any atom is 0.320 e. The number of carbonyl (C=O) groups is 1. The van der Waals surface area contributed by atoms with E-state index in [9.17, 15) is 4.79 Å². The molecule has 1 aromatic heterocycles. The van der Waals surface area contributed by atoms with Gasteiger partial charge in [-0.25, -0.2) is 0 Å². The average Bonchev–Trinajstić information content (AvgIpc) is 2.22. The first kappa shape index (κ1) is 12.7. The molecule has 1 rings (SSSR count). The topological polar surface area (TPSA) is 85.4 Å². The third-order valence-electron chi connectivity index (χ3n) is 2.26. The number of hydrogen-bond donors (Lipinski definition) is 2. The minimum Gasteiger partial charge on any atom is -0.495 e. The van der Waals surface area contributed by atoms with Gasteiger partial charge in [-0.05, 0) is 6.92 Å². The summed E-state index contributed by atoms with van der Waals surface area (Å²) in [5, 5.41) is 9.10. The van der Waals surface area contributed by atoms with Crippen molar-refractivity contribution in [2.75, 3.05) is 7.11 Å². The molecule has 5 nitrogen and oxygen atoms in total. The Kier molecular flexibility index (Phi) is 4.09. The van der Waals surface area contributed by atoms with Crippen molar-refractivity contribution in [3.63, 3.8) is 0 Å². The van der Waals surface area contributed by atoms with Gasteiger partial charge in [-0.1, -0.05) is 11.6 Å². The highest BCUT2D eigenvalue weighted by Gasteiger charge is 2.17. The van der Waals surface area contributed by atoms with Gasteiger partial charge in [0.2, 0.25) is 0 Å². The van der Waals surface area contributed by atoms with Crippen LogP contribution in [0.2, 0.25) is 5.02 Å². The van der Waals surface area contributed by atoms with Crippen molar-refractivity contribution < 1.29 is 14.6 Å². The second kappa shape index (κ2) is 5.14. The molecule has 0 aliphatic carbocycles. The quantitative estimate of drug-likeness (QED) is 0.826. The van der Waals surface area contributed by atoms with Crippen LogP contribution >= 0.6 is 11.6 Å². The van der Waals surface area contributed by atoms with E-state index in [0.717, 1.165) is 0 Å². The second-order valence-corrected chi connectivity index (χ2v) is 3.77. The smallest absolute Gasteiger partial charge is 0.320 e. The summed E-state index contributed by atoms with van der Waals surface area (Å²) in [4.78, 5) is 14.7. The van der Waals surface area contributed by atoms with Gasteiger partial charge >= 0.3 is 5.97 Å². The number of ether oxygens (including phenoxy) is 1. The van der Waals surface area contributed by atoms with Crippen LogP contribution in [-0.4, -0.2) is 29.2 Å². The maximum atomic E-state index is 10.6. The van der Waals surface area contributed by atoms with Crippen molar-refractivity contribution >= 4 is 17.6 Å². The molecule has 0 radical (unpaired) electrons. The molecular weight excluding hydrogens is 232 g/mol. The third-order valence-corrected chi connectivity index (χ3v) is 2.53. The predicted octanol–water partition coefficient (Wildman–Crippen LogP) is 1.01. The molecule has 0 fully saturated rings. The summed E-state index contributed by atoms with van der Waals surface area (Å²) in [6.45, 7) is 1.77. The van der Waals surface area contributed by atoms with E-state index < -0.39 is 12.0 Å². The standard InChI is InChI=1S/C10H13ClN2O3/c1-5-8(3-7(12)10(14)15)13-4-6(11)9(5)16-2/h4,7H,3,12H2,1-2H3,(H,14,15). The maximum absolute atomic E-state index is 10.6. The Hall–Kier alpha value is -1.33. The summed E-state index contributed by atoms with van der Waals surface area (Å²) >= 11 is 5.87. The first-order chi connectivity index (χ1) is 7.47. The van der Waals surface area contributed by atoms with Crippen LogP contribution in [0.15, 0.2) is 6.20 Å². The number of hydrogen-bond acceptors (Lipinski definition) is 4. The normalized spacial score (nSPS) is 12.2.